The van der Waals surface area contributed by atoms with Crippen molar-refractivity contribution in [3.05, 3.63) is 20.8 Å². The average Bonchev–Trinajstić information content (AvgIpc) is 2.45. The number of amides is 1. The molecule has 21 heavy (non-hydrogen) atoms. The zero-order chi connectivity index (χ0) is 16.0. The van der Waals surface area contributed by atoms with Gasteiger partial charge in [-0.3, -0.25) is 19.1 Å². The molecular weight excluding hydrogens is 274 g/mol. The molecule has 8 heteroatoms. The van der Waals surface area contributed by atoms with Gasteiger partial charge in [0.15, 0.2) is 0 Å². The summed E-state index contributed by atoms with van der Waals surface area (Å²) in [5.41, 5.74) is 4.74. The number of nitrogens with zero attached hydrogens (tertiary/aromatic N) is 1. The van der Waals surface area contributed by atoms with E-state index in [2.05, 4.69) is 15.6 Å². The fourth-order valence-electron chi connectivity index (χ4n) is 1.86. The summed E-state index contributed by atoms with van der Waals surface area (Å²) < 4.78 is 1.28. The molecule has 1 aromatic rings. The van der Waals surface area contributed by atoms with Crippen LogP contribution in [0.3, 0.4) is 0 Å². The molecule has 118 valence electrons. The molecule has 0 radical (unpaired) electrons. The van der Waals surface area contributed by atoms with Crippen LogP contribution in [0.5, 0.6) is 0 Å². The van der Waals surface area contributed by atoms with Crippen molar-refractivity contribution in [2.24, 2.45) is 0 Å². The molecule has 1 atom stereocenters. The minimum absolute atomic E-state index is 0.0424. The van der Waals surface area contributed by atoms with Crippen LogP contribution in [0.2, 0.25) is 0 Å². The molecule has 0 bridgehead atoms. The van der Waals surface area contributed by atoms with Crippen LogP contribution in [-0.4, -0.2) is 28.0 Å². The van der Waals surface area contributed by atoms with E-state index in [1.807, 2.05) is 13.8 Å². The first-order valence-corrected chi connectivity index (χ1v) is 7.09. The van der Waals surface area contributed by atoms with Crippen LogP contribution < -0.4 is 27.6 Å². The van der Waals surface area contributed by atoms with Crippen LogP contribution in [0.15, 0.2) is 9.59 Å². The van der Waals surface area contributed by atoms with E-state index in [0.29, 0.717) is 19.5 Å². The first-order chi connectivity index (χ1) is 9.92. The molecule has 8 nitrogen and oxygen atoms in total. The molecule has 0 saturated carbocycles. The maximum absolute atomic E-state index is 11.8. The molecule has 0 spiro atoms. The van der Waals surface area contributed by atoms with E-state index in [0.717, 1.165) is 6.42 Å². The number of anilines is 2. The number of aromatic nitrogens is 2. The van der Waals surface area contributed by atoms with Crippen molar-refractivity contribution in [2.45, 2.75) is 46.2 Å². The van der Waals surface area contributed by atoms with E-state index in [9.17, 15) is 14.4 Å². The summed E-state index contributed by atoms with van der Waals surface area (Å²) in [5, 5.41) is 5.49. The van der Waals surface area contributed by atoms with Gasteiger partial charge in [0.1, 0.15) is 17.5 Å². The summed E-state index contributed by atoms with van der Waals surface area (Å²) in [7, 11) is 0. The minimum atomic E-state index is -0.632. The molecule has 1 amide bonds. The van der Waals surface area contributed by atoms with Gasteiger partial charge in [0.25, 0.3) is 5.56 Å². The highest BCUT2D eigenvalue weighted by Gasteiger charge is 2.17. The summed E-state index contributed by atoms with van der Waals surface area (Å²) in [4.78, 5) is 37.5. The quantitative estimate of drug-likeness (QED) is 0.558. The Kier molecular flexibility index (Phi) is 6.01. The van der Waals surface area contributed by atoms with Crippen molar-refractivity contribution < 1.29 is 4.79 Å². The van der Waals surface area contributed by atoms with Crippen molar-refractivity contribution in [1.29, 1.82) is 0 Å². The zero-order valence-corrected chi connectivity index (χ0v) is 12.7. The summed E-state index contributed by atoms with van der Waals surface area (Å²) in [6, 6.07) is -0.632. The highest BCUT2D eigenvalue weighted by Crippen LogP contribution is 2.11. The maximum Gasteiger partial charge on any atom is 0.330 e. The molecular formula is C13H23N5O3. The van der Waals surface area contributed by atoms with Crippen LogP contribution in [0.25, 0.3) is 0 Å². The standard InChI is InChI=1S/C13H23N5O3/c1-4-6-15-11(19)8(3)16-9-10(14)18(7-5-2)13(21)17-12(9)20/h8,16H,4-7,14H2,1-3H3,(H,15,19)(H,17,20,21). The molecule has 1 unspecified atom stereocenters. The number of hydrogen-bond acceptors (Lipinski definition) is 5. The smallest absolute Gasteiger partial charge is 0.330 e. The van der Waals surface area contributed by atoms with Crippen molar-refractivity contribution >= 4 is 17.4 Å². The number of aromatic amines is 1. The third-order valence-electron chi connectivity index (χ3n) is 2.99. The Hall–Kier alpha value is -2.25. The third-order valence-corrected chi connectivity index (χ3v) is 2.99. The average molecular weight is 297 g/mol. The van der Waals surface area contributed by atoms with Crippen molar-refractivity contribution in [3.8, 4) is 0 Å². The Morgan fingerprint density at radius 2 is 2.00 bits per heavy atom. The molecule has 0 aliphatic heterocycles. The molecule has 0 aliphatic rings. The van der Waals surface area contributed by atoms with Gasteiger partial charge in [0.05, 0.1) is 0 Å². The van der Waals surface area contributed by atoms with Gasteiger partial charge in [-0.15, -0.1) is 0 Å². The molecule has 0 fully saturated rings. The molecule has 0 saturated heterocycles. The Bertz CT molecular complexity index is 605. The Balaban J connectivity index is 3.03. The topological polar surface area (TPSA) is 122 Å². The van der Waals surface area contributed by atoms with Crippen molar-refractivity contribution in [3.63, 3.8) is 0 Å². The highest BCUT2D eigenvalue weighted by molar-refractivity contribution is 5.84. The van der Waals surface area contributed by atoms with Crippen LogP contribution in [0.4, 0.5) is 11.5 Å². The summed E-state index contributed by atoms with van der Waals surface area (Å²) in [6.45, 7) is 6.42. The Morgan fingerprint density at radius 3 is 2.57 bits per heavy atom. The largest absolute Gasteiger partial charge is 0.383 e. The number of carbonyl (C=O) groups excluding carboxylic acids is 1. The zero-order valence-electron chi connectivity index (χ0n) is 12.7. The lowest BCUT2D eigenvalue weighted by Crippen LogP contribution is -2.41. The van der Waals surface area contributed by atoms with E-state index in [-0.39, 0.29) is 17.4 Å². The molecule has 0 aromatic carbocycles. The first-order valence-electron chi connectivity index (χ1n) is 7.09. The van der Waals surface area contributed by atoms with Crippen LogP contribution in [-0.2, 0) is 11.3 Å². The third kappa shape index (κ3) is 4.11. The number of rotatable bonds is 7. The molecule has 1 heterocycles. The number of nitrogens with two attached hydrogens (primary N) is 1. The number of hydrogen-bond donors (Lipinski definition) is 4. The fraction of sp³-hybridized carbons (Fsp3) is 0.615. The second-order valence-electron chi connectivity index (χ2n) is 4.83. The number of nitrogen functional groups attached to an aromatic ring is 1. The van der Waals surface area contributed by atoms with E-state index < -0.39 is 17.3 Å². The number of nitrogens with one attached hydrogen (secondary N) is 3. The molecule has 1 aromatic heterocycles. The van der Waals surface area contributed by atoms with Gasteiger partial charge in [-0.25, -0.2) is 4.79 Å². The van der Waals surface area contributed by atoms with Gasteiger partial charge in [-0.2, -0.15) is 0 Å². The normalized spacial score (nSPS) is 12.0. The summed E-state index contributed by atoms with van der Waals surface area (Å²) in [5.74, 6) is -0.190. The predicted molar refractivity (Wildman–Crippen MR) is 82.4 cm³/mol. The molecule has 1 rings (SSSR count). The van der Waals surface area contributed by atoms with Gasteiger partial charge >= 0.3 is 5.69 Å². The van der Waals surface area contributed by atoms with Gasteiger partial charge < -0.3 is 16.4 Å². The van der Waals surface area contributed by atoms with Gasteiger partial charge in [-0.1, -0.05) is 13.8 Å². The lowest BCUT2D eigenvalue weighted by Gasteiger charge is -2.17. The molecule has 5 N–H and O–H groups in total. The summed E-state index contributed by atoms with van der Waals surface area (Å²) >= 11 is 0. The number of H-pyrrole nitrogens is 1. The lowest BCUT2D eigenvalue weighted by molar-refractivity contribution is -0.121. The minimum Gasteiger partial charge on any atom is -0.383 e. The van der Waals surface area contributed by atoms with Crippen LogP contribution in [0, 0.1) is 0 Å². The number of carbonyl (C=O) groups is 1. The van der Waals surface area contributed by atoms with Crippen molar-refractivity contribution in [2.75, 3.05) is 17.6 Å². The van der Waals surface area contributed by atoms with Gasteiger partial charge in [0, 0.05) is 13.1 Å². The van der Waals surface area contributed by atoms with Crippen LogP contribution >= 0.6 is 0 Å². The second-order valence-corrected chi connectivity index (χ2v) is 4.83. The van der Waals surface area contributed by atoms with E-state index in [4.69, 9.17) is 5.73 Å². The first kappa shape index (κ1) is 16.8. The van der Waals surface area contributed by atoms with E-state index in [1.54, 1.807) is 6.92 Å². The van der Waals surface area contributed by atoms with Crippen molar-refractivity contribution in [1.82, 2.24) is 14.9 Å². The van der Waals surface area contributed by atoms with E-state index >= 15 is 0 Å². The second kappa shape index (κ2) is 7.51. The fourth-order valence-corrected chi connectivity index (χ4v) is 1.86. The predicted octanol–water partition coefficient (Wildman–Crippen LogP) is -0.145. The summed E-state index contributed by atoms with van der Waals surface area (Å²) in [6.07, 6.45) is 1.52. The monoisotopic (exact) mass is 297 g/mol. The highest BCUT2D eigenvalue weighted by atomic mass is 16.2. The van der Waals surface area contributed by atoms with Gasteiger partial charge in [-0.05, 0) is 19.8 Å². The maximum atomic E-state index is 11.8. The molecule has 0 aliphatic carbocycles. The Labute approximate surface area is 122 Å². The lowest BCUT2D eigenvalue weighted by atomic mass is 10.3. The SMILES string of the molecule is CCCNC(=O)C(C)Nc1c(N)n(CCC)c(=O)[nH]c1=O. The van der Waals surface area contributed by atoms with Gasteiger partial charge in [0.2, 0.25) is 5.91 Å². The Morgan fingerprint density at radius 1 is 1.33 bits per heavy atom. The van der Waals surface area contributed by atoms with Crippen LogP contribution in [0.1, 0.15) is 33.6 Å². The van der Waals surface area contributed by atoms with E-state index in [1.165, 1.54) is 4.57 Å².